The maximum Gasteiger partial charge on any atom is 0.308 e. The van der Waals surface area contributed by atoms with Gasteiger partial charge in [-0.25, -0.2) is 0 Å². The van der Waals surface area contributed by atoms with Gasteiger partial charge in [-0.2, -0.15) is 0 Å². The summed E-state index contributed by atoms with van der Waals surface area (Å²) in [4.78, 5) is 16.3. The van der Waals surface area contributed by atoms with Crippen LogP contribution in [0.3, 0.4) is 0 Å². The number of aliphatic carboxylic acids is 1. The summed E-state index contributed by atoms with van der Waals surface area (Å²) in [7, 11) is 4.26. The molecular weight excluding hydrogens is 240 g/mol. The maximum atomic E-state index is 11.5. The lowest BCUT2D eigenvalue weighted by Crippen LogP contribution is -2.43. The molecule has 1 saturated carbocycles. The standard InChI is InChI=1S/C15H28N2O2/c1-11-9-17(10-14(11)16(2)3)13-8-6-4-5-7-12(13)15(18)19/h11-14H,4-10H2,1-3H3,(H,18,19). The van der Waals surface area contributed by atoms with Crippen LogP contribution in [-0.4, -0.2) is 60.1 Å². The number of carboxylic acids is 1. The summed E-state index contributed by atoms with van der Waals surface area (Å²) in [5.74, 6) is -0.115. The Hall–Kier alpha value is -0.610. The topological polar surface area (TPSA) is 43.8 Å². The molecule has 2 rings (SSSR count). The third-order valence-electron chi connectivity index (χ3n) is 5.03. The fourth-order valence-electron chi connectivity index (χ4n) is 3.94. The summed E-state index contributed by atoms with van der Waals surface area (Å²) in [5, 5.41) is 9.50. The number of hydrogen-bond acceptors (Lipinski definition) is 3. The SMILES string of the molecule is CC1CN(C2CCCCCC2C(=O)O)CC1N(C)C. The lowest BCUT2D eigenvalue weighted by atomic mass is 9.93. The molecule has 1 aliphatic carbocycles. The molecule has 1 aliphatic heterocycles. The molecule has 0 radical (unpaired) electrons. The van der Waals surface area contributed by atoms with Crippen molar-refractivity contribution < 1.29 is 9.90 Å². The maximum absolute atomic E-state index is 11.5. The molecule has 1 N–H and O–H groups in total. The number of likely N-dealkylation sites (N-methyl/N-ethyl adjacent to an activating group) is 1. The molecule has 0 bridgehead atoms. The Morgan fingerprint density at radius 2 is 1.84 bits per heavy atom. The molecule has 1 heterocycles. The van der Waals surface area contributed by atoms with Crippen molar-refractivity contribution in [1.82, 2.24) is 9.80 Å². The molecule has 4 unspecified atom stereocenters. The number of carboxylic acid groups (broad SMARTS) is 1. The number of carbonyl (C=O) groups is 1. The van der Waals surface area contributed by atoms with Gasteiger partial charge in [0.1, 0.15) is 0 Å². The zero-order valence-corrected chi connectivity index (χ0v) is 12.5. The van der Waals surface area contributed by atoms with Gasteiger partial charge in [-0.1, -0.05) is 26.2 Å². The van der Waals surface area contributed by atoms with Gasteiger partial charge in [0.15, 0.2) is 0 Å². The molecule has 4 atom stereocenters. The van der Waals surface area contributed by atoms with Crippen LogP contribution < -0.4 is 0 Å². The van der Waals surface area contributed by atoms with Crippen LogP contribution >= 0.6 is 0 Å². The normalized spacial score (nSPS) is 37.5. The first kappa shape index (κ1) is 14.8. The number of hydrogen-bond donors (Lipinski definition) is 1. The predicted molar refractivity (Wildman–Crippen MR) is 76.2 cm³/mol. The minimum Gasteiger partial charge on any atom is -0.481 e. The highest BCUT2D eigenvalue weighted by Crippen LogP contribution is 2.32. The van der Waals surface area contributed by atoms with E-state index in [4.69, 9.17) is 0 Å². The van der Waals surface area contributed by atoms with Crippen molar-refractivity contribution in [3.8, 4) is 0 Å². The third kappa shape index (κ3) is 3.29. The van der Waals surface area contributed by atoms with E-state index in [9.17, 15) is 9.90 Å². The van der Waals surface area contributed by atoms with Crippen molar-refractivity contribution in [2.24, 2.45) is 11.8 Å². The van der Waals surface area contributed by atoms with Crippen molar-refractivity contribution >= 4 is 5.97 Å². The quantitative estimate of drug-likeness (QED) is 0.794. The average molecular weight is 268 g/mol. The Balaban J connectivity index is 2.08. The first-order valence-corrected chi connectivity index (χ1v) is 7.64. The predicted octanol–water partition coefficient (Wildman–Crippen LogP) is 1.90. The first-order chi connectivity index (χ1) is 9.00. The zero-order valence-electron chi connectivity index (χ0n) is 12.5. The van der Waals surface area contributed by atoms with E-state index in [1.165, 1.54) is 12.8 Å². The number of likely N-dealkylation sites (tertiary alicyclic amines) is 1. The summed E-state index contributed by atoms with van der Waals surface area (Å²) in [6, 6.07) is 0.824. The van der Waals surface area contributed by atoms with Gasteiger partial charge >= 0.3 is 5.97 Å². The Labute approximate surface area is 116 Å². The van der Waals surface area contributed by atoms with Crippen molar-refractivity contribution in [2.75, 3.05) is 27.2 Å². The summed E-state index contributed by atoms with van der Waals surface area (Å²) >= 11 is 0. The number of nitrogens with zero attached hydrogens (tertiary/aromatic N) is 2. The van der Waals surface area contributed by atoms with Gasteiger partial charge in [0.25, 0.3) is 0 Å². The molecule has 4 heteroatoms. The summed E-state index contributed by atoms with van der Waals surface area (Å²) in [6.07, 6.45) is 5.38. The van der Waals surface area contributed by atoms with Crippen molar-refractivity contribution in [2.45, 2.75) is 51.1 Å². The smallest absolute Gasteiger partial charge is 0.308 e. The van der Waals surface area contributed by atoms with E-state index >= 15 is 0 Å². The number of rotatable bonds is 3. The lowest BCUT2D eigenvalue weighted by molar-refractivity contribution is -0.144. The average Bonchev–Trinajstić information content (AvgIpc) is 2.59. The fourth-order valence-corrected chi connectivity index (χ4v) is 3.94. The summed E-state index contributed by atoms with van der Waals surface area (Å²) in [5.41, 5.74) is 0. The second kappa shape index (κ2) is 6.23. The molecular formula is C15H28N2O2. The molecule has 2 aliphatic rings. The molecule has 2 fully saturated rings. The molecule has 0 aromatic carbocycles. The molecule has 1 saturated heterocycles. The zero-order chi connectivity index (χ0) is 14.0. The molecule has 19 heavy (non-hydrogen) atoms. The van der Waals surface area contributed by atoms with Crippen LogP contribution in [0.5, 0.6) is 0 Å². The van der Waals surface area contributed by atoms with Crippen molar-refractivity contribution in [3.05, 3.63) is 0 Å². The van der Waals surface area contributed by atoms with Crippen LogP contribution in [0.15, 0.2) is 0 Å². The van der Waals surface area contributed by atoms with E-state index in [-0.39, 0.29) is 12.0 Å². The Bertz CT molecular complexity index is 319. The molecule has 4 nitrogen and oxygen atoms in total. The fraction of sp³-hybridized carbons (Fsp3) is 0.933. The Morgan fingerprint density at radius 3 is 2.42 bits per heavy atom. The van der Waals surface area contributed by atoms with E-state index in [0.717, 1.165) is 32.4 Å². The van der Waals surface area contributed by atoms with Gasteiger partial charge in [-0.3, -0.25) is 9.69 Å². The van der Waals surface area contributed by atoms with E-state index < -0.39 is 5.97 Å². The van der Waals surface area contributed by atoms with E-state index in [0.29, 0.717) is 12.0 Å². The van der Waals surface area contributed by atoms with Gasteiger partial charge in [0.2, 0.25) is 0 Å². The third-order valence-corrected chi connectivity index (χ3v) is 5.03. The molecule has 0 spiro atoms. The van der Waals surface area contributed by atoms with Gasteiger partial charge in [-0.15, -0.1) is 0 Å². The highest BCUT2D eigenvalue weighted by atomic mass is 16.4. The van der Waals surface area contributed by atoms with E-state index in [2.05, 4.69) is 30.8 Å². The van der Waals surface area contributed by atoms with Gasteiger partial charge in [0, 0.05) is 25.2 Å². The van der Waals surface area contributed by atoms with Gasteiger partial charge in [0.05, 0.1) is 5.92 Å². The van der Waals surface area contributed by atoms with Crippen molar-refractivity contribution in [3.63, 3.8) is 0 Å². The highest BCUT2D eigenvalue weighted by molar-refractivity contribution is 5.71. The second-order valence-electron chi connectivity index (χ2n) is 6.61. The van der Waals surface area contributed by atoms with E-state index in [1.54, 1.807) is 0 Å². The molecule has 0 aromatic heterocycles. The molecule has 0 amide bonds. The Morgan fingerprint density at radius 1 is 1.16 bits per heavy atom. The monoisotopic (exact) mass is 268 g/mol. The van der Waals surface area contributed by atoms with Gasteiger partial charge in [-0.05, 0) is 32.9 Å². The highest BCUT2D eigenvalue weighted by Gasteiger charge is 2.40. The van der Waals surface area contributed by atoms with Crippen LogP contribution in [0.1, 0.15) is 39.0 Å². The second-order valence-corrected chi connectivity index (χ2v) is 6.61. The van der Waals surface area contributed by atoms with E-state index in [1.807, 2.05) is 0 Å². The molecule has 0 aromatic rings. The van der Waals surface area contributed by atoms with Gasteiger partial charge < -0.3 is 10.0 Å². The van der Waals surface area contributed by atoms with Crippen molar-refractivity contribution in [1.29, 1.82) is 0 Å². The minimum absolute atomic E-state index is 0.157. The summed E-state index contributed by atoms with van der Waals surface area (Å²) in [6.45, 7) is 4.37. The summed E-state index contributed by atoms with van der Waals surface area (Å²) < 4.78 is 0. The Kier molecular flexibility index (Phi) is 4.85. The van der Waals surface area contributed by atoms with Crippen LogP contribution in [0.2, 0.25) is 0 Å². The van der Waals surface area contributed by atoms with Crippen LogP contribution in [0.25, 0.3) is 0 Å². The first-order valence-electron chi connectivity index (χ1n) is 7.64. The lowest BCUT2D eigenvalue weighted by Gasteiger charge is -2.31. The van der Waals surface area contributed by atoms with Crippen LogP contribution in [0, 0.1) is 11.8 Å². The largest absolute Gasteiger partial charge is 0.481 e. The van der Waals surface area contributed by atoms with Crippen LogP contribution in [0.4, 0.5) is 0 Å². The molecule has 110 valence electrons. The minimum atomic E-state index is -0.590. The van der Waals surface area contributed by atoms with Crippen LogP contribution in [-0.2, 0) is 4.79 Å².